The minimum atomic E-state index is -0.855. The van der Waals surface area contributed by atoms with Crippen molar-refractivity contribution < 1.29 is 13.9 Å². The van der Waals surface area contributed by atoms with E-state index in [9.17, 15) is 14.4 Å². The highest BCUT2D eigenvalue weighted by Gasteiger charge is 2.50. The number of amides is 1. The maximum absolute atomic E-state index is 13.6. The van der Waals surface area contributed by atoms with E-state index in [-0.39, 0.29) is 18.2 Å². The Hall–Kier alpha value is -2.42. The van der Waals surface area contributed by atoms with Gasteiger partial charge in [0.05, 0.1) is 29.8 Å². The van der Waals surface area contributed by atoms with E-state index in [0.29, 0.717) is 18.4 Å². The number of carbonyl (C=O) groups is 1. The lowest BCUT2D eigenvalue weighted by molar-refractivity contribution is 0.00560. The van der Waals surface area contributed by atoms with Crippen LogP contribution in [0.3, 0.4) is 0 Å². The van der Waals surface area contributed by atoms with E-state index in [4.69, 9.17) is 4.74 Å². The van der Waals surface area contributed by atoms with Crippen molar-refractivity contribution >= 4 is 6.09 Å². The first kappa shape index (κ1) is 16.4. The van der Waals surface area contributed by atoms with Gasteiger partial charge in [0.2, 0.25) is 0 Å². The number of nitrogens with zero attached hydrogens (tertiary/aromatic N) is 3. The van der Waals surface area contributed by atoms with E-state index in [1.807, 2.05) is 32.9 Å². The van der Waals surface area contributed by atoms with Crippen LogP contribution in [-0.2, 0) is 10.2 Å². The van der Waals surface area contributed by atoms with Crippen LogP contribution in [-0.4, -0.2) is 33.7 Å². The van der Waals surface area contributed by atoms with Crippen molar-refractivity contribution in [1.82, 2.24) is 9.88 Å². The highest BCUT2D eigenvalue weighted by Crippen LogP contribution is 2.44. The van der Waals surface area contributed by atoms with Gasteiger partial charge >= 0.3 is 6.09 Å². The summed E-state index contributed by atoms with van der Waals surface area (Å²) in [5.41, 5.74) is -0.869. The van der Waals surface area contributed by atoms with E-state index >= 15 is 0 Å². The quantitative estimate of drug-likeness (QED) is 0.741. The molecule has 5 nitrogen and oxygen atoms in total. The molecule has 2 aliphatic heterocycles. The van der Waals surface area contributed by atoms with Crippen molar-refractivity contribution in [3.8, 4) is 6.07 Å². The molecule has 2 bridgehead atoms. The second kappa shape index (κ2) is 5.59. The molecule has 24 heavy (non-hydrogen) atoms. The molecule has 1 fully saturated rings. The predicted molar refractivity (Wildman–Crippen MR) is 85.5 cm³/mol. The number of aromatic nitrogens is 1. The smallest absolute Gasteiger partial charge is 0.411 e. The summed E-state index contributed by atoms with van der Waals surface area (Å²) in [6.07, 6.45) is 6.95. The van der Waals surface area contributed by atoms with E-state index in [0.717, 1.165) is 6.20 Å². The molecular weight excluding hydrogens is 309 g/mol. The molecule has 1 aromatic rings. The van der Waals surface area contributed by atoms with E-state index in [1.165, 1.54) is 12.3 Å². The maximum Gasteiger partial charge on any atom is 0.411 e. The third-order valence-corrected chi connectivity index (χ3v) is 4.46. The minimum Gasteiger partial charge on any atom is -0.444 e. The van der Waals surface area contributed by atoms with Crippen LogP contribution in [0.15, 0.2) is 30.6 Å². The van der Waals surface area contributed by atoms with Crippen LogP contribution in [0.4, 0.5) is 9.18 Å². The lowest BCUT2D eigenvalue weighted by Crippen LogP contribution is -2.53. The van der Waals surface area contributed by atoms with Gasteiger partial charge in [-0.05, 0) is 45.2 Å². The van der Waals surface area contributed by atoms with Crippen molar-refractivity contribution in [3.63, 3.8) is 0 Å². The van der Waals surface area contributed by atoms with Gasteiger partial charge in [-0.25, -0.2) is 9.18 Å². The van der Waals surface area contributed by atoms with Gasteiger partial charge in [0.15, 0.2) is 0 Å². The van der Waals surface area contributed by atoms with Gasteiger partial charge in [-0.1, -0.05) is 12.2 Å². The molecule has 2 aliphatic rings. The predicted octanol–water partition coefficient (Wildman–Crippen LogP) is 3.32. The SMILES string of the molecule is CC(C)(C)OC(=O)N1C2C=CC1CC(C#N)(c1cncc(F)c1)C2. The molecule has 0 N–H and O–H groups in total. The Bertz CT molecular complexity index is 717. The van der Waals surface area contributed by atoms with Crippen molar-refractivity contribution in [3.05, 3.63) is 42.0 Å². The van der Waals surface area contributed by atoms with Crippen molar-refractivity contribution in [1.29, 1.82) is 5.26 Å². The van der Waals surface area contributed by atoms with Gasteiger partial charge in [-0.2, -0.15) is 5.26 Å². The fourth-order valence-electron chi connectivity index (χ4n) is 3.47. The molecule has 1 aromatic heterocycles. The average Bonchev–Trinajstić information content (AvgIpc) is 2.77. The normalized spacial score (nSPS) is 28.5. The number of halogens is 1. The molecule has 0 spiro atoms. The fourth-order valence-corrected chi connectivity index (χ4v) is 3.47. The third-order valence-electron chi connectivity index (χ3n) is 4.46. The number of hydrogen-bond acceptors (Lipinski definition) is 4. The van der Waals surface area contributed by atoms with E-state index < -0.39 is 16.8 Å². The number of ether oxygens (including phenoxy) is 1. The number of hydrogen-bond donors (Lipinski definition) is 0. The van der Waals surface area contributed by atoms with Crippen LogP contribution in [0.2, 0.25) is 0 Å². The summed E-state index contributed by atoms with van der Waals surface area (Å²) in [6, 6.07) is 3.23. The van der Waals surface area contributed by atoms with Crippen molar-refractivity contribution in [2.24, 2.45) is 0 Å². The summed E-state index contributed by atoms with van der Waals surface area (Å²) < 4.78 is 19.0. The molecule has 1 amide bonds. The summed E-state index contributed by atoms with van der Waals surface area (Å²) in [5, 5.41) is 9.80. The zero-order chi connectivity index (χ0) is 17.5. The number of fused-ring (bicyclic) bond motifs is 2. The first-order valence-corrected chi connectivity index (χ1v) is 7.96. The largest absolute Gasteiger partial charge is 0.444 e. The summed E-state index contributed by atoms with van der Waals surface area (Å²) in [6.45, 7) is 5.46. The van der Waals surface area contributed by atoms with Crippen LogP contribution < -0.4 is 0 Å². The molecule has 1 saturated heterocycles. The van der Waals surface area contributed by atoms with Gasteiger partial charge in [-0.15, -0.1) is 0 Å². The van der Waals surface area contributed by atoms with Gasteiger partial charge in [0, 0.05) is 6.20 Å². The molecule has 3 rings (SSSR count). The standard InChI is InChI=1S/C18H20FN3O2/c1-17(2,3)24-16(23)22-14-4-5-15(22)8-18(7-14,11-20)12-6-13(19)10-21-9-12/h4-6,9-10,14-15H,7-8H2,1-3H3. The minimum absolute atomic E-state index is 0.235. The Morgan fingerprint density at radius 3 is 2.50 bits per heavy atom. The summed E-state index contributed by atoms with van der Waals surface area (Å²) in [5.74, 6) is -0.461. The number of pyridine rings is 1. The molecule has 0 saturated carbocycles. The third kappa shape index (κ3) is 2.86. The van der Waals surface area contributed by atoms with Crippen LogP contribution in [0.25, 0.3) is 0 Å². The molecule has 126 valence electrons. The Morgan fingerprint density at radius 1 is 1.38 bits per heavy atom. The highest BCUT2D eigenvalue weighted by molar-refractivity contribution is 5.71. The van der Waals surface area contributed by atoms with Gasteiger partial charge in [0.25, 0.3) is 0 Å². The monoisotopic (exact) mass is 329 g/mol. The lowest BCUT2D eigenvalue weighted by Gasteiger charge is -2.43. The molecule has 0 aromatic carbocycles. The average molecular weight is 329 g/mol. The van der Waals surface area contributed by atoms with Gasteiger partial charge in [0.1, 0.15) is 11.4 Å². The zero-order valence-electron chi connectivity index (χ0n) is 14.0. The lowest BCUT2D eigenvalue weighted by atomic mass is 9.71. The number of piperidine rings is 1. The Morgan fingerprint density at radius 2 is 2.00 bits per heavy atom. The molecule has 3 heterocycles. The van der Waals surface area contributed by atoms with E-state index in [2.05, 4.69) is 11.1 Å². The van der Waals surface area contributed by atoms with Crippen LogP contribution in [0.5, 0.6) is 0 Å². The number of rotatable bonds is 1. The summed E-state index contributed by atoms with van der Waals surface area (Å²) in [7, 11) is 0. The summed E-state index contributed by atoms with van der Waals surface area (Å²) in [4.78, 5) is 18.0. The number of carbonyl (C=O) groups excluding carboxylic acids is 1. The second-order valence-corrected chi connectivity index (χ2v) is 7.40. The Balaban J connectivity index is 1.87. The topological polar surface area (TPSA) is 66.2 Å². The zero-order valence-corrected chi connectivity index (χ0v) is 14.0. The van der Waals surface area contributed by atoms with E-state index in [1.54, 1.807) is 4.90 Å². The molecule has 2 unspecified atom stereocenters. The maximum atomic E-state index is 13.6. The number of nitriles is 1. The van der Waals surface area contributed by atoms with Crippen molar-refractivity contribution in [2.75, 3.05) is 0 Å². The van der Waals surface area contributed by atoms with Crippen molar-refractivity contribution in [2.45, 2.75) is 56.7 Å². The molecule has 6 heteroatoms. The van der Waals surface area contributed by atoms with Gasteiger partial charge < -0.3 is 4.74 Å². The second-order valence-electron chi connectivity index (χ2n) is 7.40. The molecule has 2 atom stereocenters. The highest BCUT2D eigenvalue weighted by atomic mass is 19.1. The molecule has 0 aliphatic carbocycles. The Kier molecular flexibility index (Phi) is 3.83. The molecule has 0 radical (unpaired) electrons. The fraction of sp³-hybridized carbons (Fsp3) is 0.500. The van der Waals surface area contributed by atoms with Crippen LogP contribution in [0.1, 0.15) is 39.2 Å². The first-order valence-electron chi connectivity index (χ1n) is 7.96. The summed E-state index contributed by atoms with van der Waals surface area (Å²) >= 11 is 0. The first-order chi connectivity index (χ1) is 11.2. The van der Waals surface area contributed by atoms with Gasteiger partial charge in [-0.3, -0.25) is 9.88 Å². The van der Waals surface area contributed by atoms with Crippen LogP contribution >= 0.6 is 0 Å². The Labute approximate surface area is 140 Å². The van der Waals surface area contributed by atoms with Crippen LogP contribution in [0, 0.1) is 17.1 Å². The molecular formula is C18H20FN3O2.